The molecular weight excluding hydrogens is 297 g/mol. The molecule has 3 aromatic rings. The minimum absolute atomic E-state index is 0.105. The van der Waals surface area contributed by atoms with E-state index in [9.17, 15) is 9.18 Å². The van der Waals surface area contributed by atoms with Crippen LogP contribution in [0.3, 0.4) is 0 Å². The Bertz CT molecular complexity index is 903. The third-order valence-corrected chi connectivity index (χ3v) is 3.47. The molecule has 0 bridgehead atoms. The monoisotopic (exact) mass is 311 g/mol. The highest BCUT2D eigenvalue weighted by atomic mass is 19.1. The molecular formula is C16H14FN5O. The number of nitrogens with one attached hydrogen (secondary N) is 1. The zero-order chi connectivity index (χ0) is 16.6. The Morgan fingerprint density at radius 3 is 2.74 bits per heavy atom. The number of rotatable bonds is 3. The zero-order valence-corrected chi connectivity index (χ0v) is 12.3. The summed E-state index contributed by atoms with van der Waals surface area (Å²) in [5.41, 5.74) is 13.6. The number of primary amides is 1. The van der Waals surface area contributed by atoms with Gasteiger partial charge in [-0.05, 0) is 30.7 Å². The first kappa shape index (κ1) is 14.7. The minimum atomic E-state index is -0.662. The molecule has 0 aliphatic rings. The summed E-state index contributed by atoms with van der Waals surface area (Å²) in [5, 5.41) is 0. The number of nitrogens with zero attached hydrogens (tertiary/aromatic N) is 2. The van der Waals surface area contributed by atoms with E-state index >= 15 is 0 Å². The number of carbonyl (C=O) groups excluding carboxylic acids is 1. The topological polar surface area (TPSA) is 111 Å². The predicted octanol–water partition coefficient (Wildman–Crippen LogP) is 2.27. The molecule has 0 atom stereocenters. The van der Waals surface area contributed by atoms with Crippen LogP contribution in [-0.4, -0.2) is 20.9 Å². The van der Waals surface area contributed by atoms with Crippen molar-refractivity contribution < 1.29 is 9.18 Å². The number of amides is 1. The fourth-order valence-electron chi connectivity index (χ4n) is 2.38. The number of H-pyrrole nitrogens is 1. The van der Waals surface area contributed by atoms with Gasteiger partial charge < -0.3 is 16.5 Å². The Morgan fingerprint density at radius 1 is 1.30 bits per heavy atom. The lowest BCUT2D eigenvalue weighted by Crippen LogP contribution is -2.11. The molecule has 116 valence electrons. The van der Waals surface area contributed by atoms with Crippen LogP contribution in [-0.2, 0) is 0 Å². The van der Waals surface area contributed by atoms with Crippen molar-refractivity contribution in [1.82, 2.24) is 15.0 Å². The second-order valence-electron chi connectivity index (χ2n) is 5.08. The van der Waals surface area contributed by atoms with Crippen molar-refractivity contribution in [2.75, 3.05) is 5.73 Å². The number of aromatic nitrogens is 3. The number of carbonyl (C=O) groups is 1. The van der Waals surface area contributed by atoms with E-state index in [1.807, 2.05) is 6.92 Å². The number of hydrogen-bond acceptors (Lipinski definition) is 4. The van der Waals surface area contributed by atoms with Gasteiger partial charge in [-0.2, -0.15) is 0 Å². The molecule has 0 unspecified atom stereocenters. The molecule has 6 nitrogen and oxygen atoms in total. The van der Waals surface area contributed by atoms with Crippen LogP contribution in [0.1, 0.15) is 15.9 Å². The molecule has 0 radical (unpaired) electrons. The molecule has 23 heavy (non-hydrogen) atoms. The number of anilines is 1. The molecule has 3 rings (SSSR count). The highest BCUT2D eigenvalue weighted by Crippen LogP contribution is 2.30. The van der Waals surface area contributed by atoms with Gasteiger partial charge in [-0.1, -0.05) is 12.1 Å². The highest BCUT2D eigenvalue weighted by molar-refractivity contribution is 6.00. The van der Waals surface area contributed by atoms with E-state index in [-0.39, 0.29) is 17.1 Å². The van der Waals surface area contributed by atoms with Gasteiger partial charge in [0, 0.05) is 11.8 Å². The Hall–Kier alpha value is -3.22. The molecule has 7 heteroatoms. The molecule has 0 aliphatic carbocycles. The zero-order valence-electron chi connectivity index (χ0n) is 12.3. The molecule has 0 saturated heterocycles. The van der Waals surface area contributed by atoms with Crippen molar-refractivity contribution >= 4 is 11.9 Å². The molecule has 2 aromatic heterocycles. The van der Waals surface area contributed by atoms with E-state index in [4.69, 9.17) is 11.5 Å². The first-order chi connectivity index (χ1) is 11.0. The van der Waals surface area contributed by atoms with Gasteiger partial charge >= 0.3 is 0 Å². The Balaban J connectivity index is 2.23. The number of aryl methyl sites for hydroxylation is 1. The van der Waals surface area contributed by atoms with E-state index in [0.717, 1.165) is 5.56 Å². The normalized spacial score (nSPS) is 10.7. The van der Waals surface area contributed by atoms with Gasteiger partial charge in [0.05, 0.1) is 22.6 Å². The van der Waals surface area contributed by atoms with Gasteiger partial charge in [0.25, 0.3) is 5.91 Å². The number of hydrogen-bond donors (Lipinski definition) is 3. The number of halogens is 1. The van der Waals surface area contributed by atoms with Crippen molar-refractivity contribution in [2.45, 2.75) is 6.92 Å². The van der Waals surface area contributed by atoms with Crippen LogP contribution in [0.4, 0.5) is 10.3 Å². The second-order valence-corrected chi connectivity index (χ2v) is 5.08. The van der Waals surface area contributed by atoms with E-state index in [1.165, 1.54) is 6.07 Å². The fourth-order valence-corrected chi connectivity index (χ4v) is 2.38. The molecule has 0 aliphatic heterocycles. The molecule has 0 fully saturated rings. The lowest BCUT2D eigenvalue weighted by molar-refractivity contribution is 0.100. The van der Waals surface area contributed by atoms with Gasteiger partial charge in [-0.25, -0.2) is 14.4 Å². The Kier molecular flexibility index (Phi) is 3.53. The summed E-state index contributed by atoms with van der Waals surface area (Å²) < 4.78 is 14.1. The smallest absolute Gasteiger partial charge is 0.250 e. The van der Waals surface area contributed by atoms with Crippen LogP contribution < -0.4 is 11.5 Å². The molecule has 1 aromatic carbocycles. The van der Waals surface area contributed by atoms with E-state index in [2.05, 4.69) is 15.0 Å². The van der Waals surface area contributed by atoms with Gasteiger partial charge in [-0.15, -0.1) is 0 Å². The molecule has 1 amide bonds. The lowest BCUT2D eigenvalue weighted by Gasteiger charge is -2.04. The van der Waals surface area contributed by atoms with Crippen molar-refractivity contribution in [3.63, 3.8) is 0 Å². The molecule has 0 spiro atoms. The van der Waals surface area contributed by atoms with Gasteiger partial charge in [-0.3, -0.25) is 4.79 Å². The summed E-state index contributed by atoms with van der Waals surface area (Å²) in [5.74, 6) is -1.01. The Morgan fingerprint density at radius 2 is 2.04 bits per heavy atom. The SMILES string of the molecule is Cc1cnc(N)nc1-c1cc(C(N)=O)c(-c2ccccc2F)[nH]1. The Labute approximate surface area is 131 Å². The number of nitrogen functional groups attached to an aromatic ring is 1. The maximum atomic E-state index is 14.1. The van der Waals surface area contributed by atoms with Crippen LogP contribution in [0.25, 0.3) is 22.6 Å². The van der Waals surface area contributed by atoms with Crippen LogP contribution in [0.5, 0.6) is 0 Å². The summed E-state index contributed by atoms with van der Waals surface area (Å²) in [7, 11) is 0. The van der Waals surface area contributed by atoms with E-state index in [0.29, 0.717) is 17.1 Å². The van der Waals surface area contributed by atoms with Crippen molar-refractivity contribution in [3.8, 4) is 22.6 Å². The quantitative estimate of drug-likeness (QED) is 0.689. The summed E-state index contributed by atoms with van der Waals surface area (Å²) in [4.78, 5) is 22.8. The molecule has 0 saturated carbocycles. The van der Waals surface area contributed by atoms with Crippen LogP contribution in [0.2, 0.25) is 0 Å². The maximum Gasteiger partial charge on any atom is 0.250 e. The number of benzene rings is 1. The first-order valence-electron chi connectivity index (χ1n) is 6.84. The number of nitrogens with two attached hydrogens (primary N) is 2. The summed E-state index contributed by atoms with van der Waals surface area (Å²) in [6, 6.07) is 7.67. The van der Waals surface area contributed by atoms with Crippen molar-refractivity contribution in [1.29, 1.82) is 0 Å². The highest BCUT2D eigenvalue weighted by Gasteiger charge is 2.19. The second kappa shape index (κ2) is 5.53. The fraction of sp³-hybridized carbons (Fsp3) is 0.0625. The maximum absolute atomic E-state index is 14.1. The predicted molar refractivity (Wildman–Crippen MR) is 84.9 cm³/mol. The van der Waals surface area contributed by atoms with Crippen LogP contribution >= 0.6 is 0 Å². The summed E-state index contributed by atoms with van der Waals surface area (Å²) in [6.07, 6.45) is 1.57. The molecule has 2 heterocycles. The van der Waals surface area contributed by atoms with Gasteiger partial charge in [0.1, 0.15) is 5.82 Å². The van der Waals surface area contributed by atoms with Crippen LogP contribution in [0.15, 0.2) is 36.5 Å². The minimum Gasteiger partial charge on any atom is -0.368 e. The number of aromatic amines is 1. The largest absolute Gasteiger partial charge is 0.368 e. The first-order valence-corrected chi connectivity index (χ1v) is 6.84. The summed E-state index contributed by atoms with van der Waals surface area (Å²) >= 11 is 0. The third kappa shape index (κ3) is 2.64. The average molecular weight is 311 g/mol. The summed E-state index contributed by atoms with van der Waals surface area (Å²) in [6.45, 7) is 1.81. The van der Waals surface area contributed by atoms with E-state index < -0.39 is 11.7 Å². The van der Waals surface area contributed by atoms with E-state index in [1.54, 1.807) is 30.5 Å². The van der Waals surface area contributed by atoms with Crippen molar-refractivity contribution in [3.05, 3.63) is 53.5 Å². The average Bonchev–Trinajstić information content (AvgIpc) is 2.95. The standard InChI is InChI=1S/C16H14FN5O/c1-8-7-20-16(19)22-13(8)12-6-10(15(18)23)14(21-12)9-4-2-3-5-11(9)17/h2-7,21H,1H3,(H2,18,23)(H2,19,20,22). The molecule has 5 N–H and O–H groups in total. The van der Waals surface area contributed by atoms with Crippen LogP contribution in [0, 0.1) is 12.7 Å². The van der Waals surface area contributed by atoms with Crippen molar-refractivity contribution in [2.24, 2.45) is 5.73 Å². The van der Waals surface area contributed by atoms with Gasteiger partial charge in [0.15, 0.2) is 0 Å². The third-order valence-electron chi connectivity index (χ3n) is 3.47. The lowest BCUT2D eigenvalue weighted by atomic mass is 10.1. The van der Waals surface area contributed by atoms with Gasteiger partial charge in [0.2, 0.25) is 5.95 Å².